The zero-order chi connectivity index (χ0) is 13.7. The van der Waals surface area contributed by atoms with Gasteiger partial charge in [0.05, 0.1) is 7.11 Å². The van der Waals surface area contributed by atoms with Crippen molar-refractivity contribution in [3.8, 4) is 5.75 Å². The average Bonchev–Trinajstić information content (AvgIpc) is 2.38. The molecule has 3 unspecified atom stereocenters. The van der Waals surface area contributed by atoms with E-state index >= 15 is 0 Å². The van der Waals surface area contributed by atoms with Crippen molar-refractivity contribution < 1.29 is 9.84 Å². The normalized spacial score (nSPS) is 16.4. The Morgan fingerprint density at radius 3 is 2.50 bits per heavy atom. The molecule has 0 aliphatic heterocycles. The minimum Gasteiger partial charge on any atom is -0.497 e. The standard InChI is InChI=1S/C15H25NO2/c1-6-14(11(2)15(17)16(3)4)12-8-7-9-13(10-12)18-5/h7-11,14-15,17H,6H2,1-5H3. The number of ether oxygens (including phenoxy) is 1. The summed E-state index contributed by atoms with van der Waals surface area (Å²) in [6.45, 7) is 4.25. The Labute approximate surface area is 110 Å². The largest absolute Gasteiger partial charge is 0.497 e. The van der Waals surface area contributed by atoms with Gasteiger partial charge in [0.1, 0.15) is 12.0 Å². The molecule has 3 nitrogen and oxygen atoms in total. The van der Waals surface area contributed by atoms with E-state index in [1.807, 2.05) is 31.1 Å². The van der Waals surface area contributed by atoms with E-state index in [9.17, 15) is 5.11 Å². The molecule has 0 aromatic heterocycles. The molecular formula is C15H25NO2. The summed E-state index contributed by atoms with van der Waals surface area (Å²) < 4.78 is 5.26. The Balaban J connectivity index is 2.94. The van der Waals surface area contributed by atoms with Crippen LogP contribution in [0, 0.1) is 5.92 Å². The van der Waals surface area contributed by atoms with Gasteiger partial charge in [-0.2, -0.15) is 0 Å². The fourth-order valence-electron chi connectivity index (χ4n) is 2.46. The number of nitrogens with zero attached hydrogens (tertiary/aromatic N) is 1. The zero-order valence-electron chi connectivity index (χ0n) is 12.1. The maximum atomic E-state index is 10.2. The Morgan fingerprint density at radius 2 is 2.00 bits per heavy atom. The molecule has 0 amide bonds. The van der Waals surface area contributed by atoms with E-state index in [2.05, 4.69) is 26.0 Å². The second-order valence-corrected chi connectivity index (χ2v) is 5.03. The lowest BCUT2D eigenvalue weighted by Crippen LogP contribution is -2.36. The number of aliphatic hydroxyl groups is 1. The molecule has 0 aliphatic rings. The molecule has 0 aliphatic carbocycles. The minimum atomic E-state index is -0.429. The first-order chi connectivity index (χ1) is 8.51. The van der Waals surface area contributed by atoms with Gasteiger partial charge in [-0.3, -0.25) is 4.90 Å². The molecule has 0 saturated carbocycles. The van der Waals surface area contributed by atoms with Crippen LogP contribution in [-0.4, -0.2) is 37.4 Å². The Hall–Kier alpha value is -1.06. The predicted octanol–water partition coefficient (Wildman–Crippen LogP) is 2.70. The summed E-state index contributed by atoms with van der Waals surface area (Å²) in [6, 6.07) is 8.12. The van der Waals surface area contributed by atoms with Gasteiger partial charge in [0.15, 0.2) is 0 Å². The minimum absolute atomic E-state index is 0.178. The SMILES string of the molecule is CCC(c1cccc(OC)c1)C(C)C(O)N(C)C. The summed E-state index contributed by atoms with van der Waals surface area (Å²) in [5, 5.41) is 10.2. The van der Waals surface area contributed by atoms with E-state index in [1.54, 1.807) is 7.11 Å². The van der Waals surface area contributed by atoms with Gasteiger partial charge in [0, 0.05) is 5.92 Å². The summed E-state index contributed by atoms with van der Waals surface area (Å²) in [6.07, 6.45) is 0.570. The highest BCUT2D eigenvalue weighted by Crippen LogP contribution is 2.32. The number of methoxy groups -OCH3 is 1. The lowest BCUT2D eigenvalue weighted by Gasteiger charge is -2.31. The summed E-state index contributed by atoms with van der Waals surface area (Å²) in [7, 11) is 5.48. The third-order valence-corrected chi connectivity index (χ3v) is 3.60. The van der Waals surface area contributed by atoms with Crippen LogP contribution in [0.4, 0.5) is 0 Å². The van der Waals surface area contributed by atoms with E-state index in [4.69, 9.17) is 4.74 Å². The van der Waals surface area contributed by atoms with Crippen LogP contribution in [0.25, 0.3) is 0 Å². The predicted molar refractivity (Wildman–Crippen MR) is 74.9 cm³/mol. The fourth-order valence-corrected chi connectivity index (χ4v) is 2.46. The van der Waals surface area contributed by atoms with Crippen LogP contribution in [0.2, 0.25) is 0 Å². The third-order valence-electron chi connectivity index (χ3n) is 3.60. The highest BCUT2D eigenvalue weighted by Gasteiger charge is 2.25. The van der Waals surface area contributed by atoms with Gasteiger partial charge in [-0.25, -0.2) is 0 Å². The summed E-state index contributed by atoms with van der Waals surface area (Å²) >= 11 is 0. The van der Waals surface area contributed by atoms with Crippen LogP contribution >= 0.6 is 0 Å². The number of benzene rings is 1. The maximum Gasteiger partial charge on any atom is 0.119 e. The van der Waals surface area contributed by atoms with Gasteiger partial charge >= 0.3 is 0 Å². The first-order valence-electron chi connectivity index (χ1n) is 6.49. The summed E-state index contributed by atoms with van der Waals surface area (Å²) in [4.78, 5) is 1.85. The van der Waals surface area contributed by atoms with Crippen LogP contribution in [-0.2, 0) is 0 Å². The number of hydrogen-bond donors (Lipinski definition) is 1. The summed E-state index contributed by atoms with van der Waals surface area (Å²) in [5.74, 6) is 1.38. The van der Waals surface area contributed by atoms with Crippen LogP contribution in [0.3, 0.4) is 0 Å². The monoisotopic (exact) mass is 251 g/mol. The molecule has 1 rings (SSSR count). The Bertz CT molecular complexity index is 365. The van der Waals surface area contributed by atoms with E-state index in [0.717, 1.165) is 12.2 Å². The van der Waals surface area contributed by atoms with Crippen LogP contribution in [0.5, 0.6) is 5.75 Å². The molecule has 1 aromatic rings. The molecule has 0 fully saturated rings. The van der Waals surface area contributed by atoms with Crippen LogP contribution < -0.4 is 4.74 Å². The molecule has 0 saturated heterocycles. The molecule has 0 heterocycles. The molecule has 1 N–H and O–H groups in total. The van der Waals surface area contributed by atoms with E-state index < -0.39 is 6.23 Å². The van der Waals surface area contributed by atoms with Crippen molar-refractivity contribution >= 4 is 0 Å². The van der Waals surface area contributed by atoms with Gasteiger partial charge in [-0.15, -0.1) is 0 Å². The van der Waals surface area contributed by atoms with Crippen molar-refractivity contribution in [1.29, 1.82) is 0 Å². The van der Waals surface area contributed by atoms with Gasteiger partial charge < -0.3 is 9.84 Å². The highest BCUT2D eigenvalue weighted by molar-refractivity contribution is 5.31. The van der Waals surface area contributed by atoms with Crippen molar-refractivity contribution in [3.63, 3.8) is 0 Å². The van der Waals surface area contributed by atoms with E-state index in [1.165, 1.54) is 5.56 Å². The van der Waals surface area contributed by atoms with Crippen LogP contribution in [0.1, 0.15) is 31.7 Å². The van der Waals surface area contributed by atoms with Crippen LogP contribution in [0.15, 0.2) is 24.3 Å². The number of rotatable bonds is 6. The maximum absolute atomic E-state index is 10.2. The van der Waals surface area contributed by atoms with Crippen molar-refractivity contribution in [2.45, 2.75) is 32.4 Å². The molecule has 0 bridgehead atoms. The molecule has 0 spiro atoms. The third kappa shape index (κ3) is 3.47. The van der Waals surface area contributed by atoms with Crippen molar-refractivity contribution in [1.82, 2.24) is 4.90 Å². The molecule has 3 atom stereocenters. The lowest BCUT2D eigenvalue weighted by atomic mass is 9.84. The summed E-state index contributed by atoms with van der Waals surface area (Å²) in [5.41, 5.74) is 1.23. The molecular weight excluding hydrogens is 226 g/mol. The van der Waals surface area contributed by atoms with E-state index in [0.29, 0.717) is 5.92 Å². The van der Waals surface area contributed by atoms with Crippen molar-refractivity contribution in [3.05, 3.63) is 29.8 Å². The molecule has 102 valence electrons. The molecule has 3 heteroatoms. The van der Waals surface area contributed by atoms with Crippen molar-refractivity contribution in [2.75, 3.05) is 21.2 Å². The number of hydrogen-bond acceptors (Lipinski definition) is 3. The van der Waals surface area contributed by atoms with Gasteiger partial charge in [-0.1, -0.05) is 26.0 Å². The molecule has 0 radical (unpaired) electrons. The quantitative estimate of drug-likeness (QED) is 0.789. The first-order valence-corrected chi connectivity index (χ1v) is 6.49. The second kappa shape index (κ2) is 6.76. The Morgan fingerprint density at radius 1 is 1.33 bits per heavy atom. The number of aliphatic hydroxyl groups excluding tert-OH is 1. The lowest BCUT2D eigenvalue weighted by molar-refractivity contribution is -0.0136. The van der Waals surface area contributed by atoms with Gasteiger partial charge in [-0.05, 0) is 44.1 Å². The fraction of sp³-hybridized carbons (Fsp3) is 0.600. The van der Waals surface area contributed by atoms with Gasteiger partial charge in [0.2, 0.25) is 0 Å². The smallest absolute Gasteiger partial charge is 0.119 e. The van der Waals surface area contributed by atoms with Gasteiger partial charge in [0.25, 0.3) is 0 Å². The first kappa shape index (κ1) is 15.0. The highest BCUT2D eigenvalue weighted by atomic mass is 16.5. The second-order valence-electron chi connectivity index (χ2n) is 5.03. The van der Waals surface area contributed by atoms with E-state index in [-0.39, 0.29) is 5.92 Å². The molecule has 1 aromatic carbocycles. The zero-order valence-corrected chi connectivity index (χ0v) is 12.1. The van der Waals surface area contributed by atoms with Crippen molar-refractivity contribution in [2.24, 2.45) is 5.92 Å². The topological polar surface area (TPSA) is 32.7 Å². The molecule has 18 heavy (non-hydrogen) atoms. The average molecular weight is 251 g/mol. The Kier molecular flexibility index (Phi) is 5.63.